The molecule has 0 aliphatic carbocycles. The number of aromatic nitrogens is 3. The van der Waals surface area contributed by atoms with Gasteiger partial charge in [-0.3, -0.25) is 9.78 Å². The third kappa shape index (κ3) is 6.29. The van der Waals surface area contributed by atoms with Gasteiger partial charge in [-0.2, -0.15) is 0 Å². The van der Waals surface area contributed by atoms with E-state index in [1.165, 1.54) is 18.5 Å². The van der Waals surface area contributed by atoms with Crippen LogP contribution in [-0.4, -0.2) is 52.0 Å². The monoisotopic (exact) mass is 590 g/mol. The highest BCUT2D eigenvalue weighted by Gasteiger charge is 2.23. The molecular formula is C34H31FN6O3. The van der Waals surface area contributed by atoms with Crippen molar-refractivity contribution in [1.29, 1.82) is 0 Å². The molecule has 5 aromatic rings. The molecule has 1 saturated heterocycles. The van der Waals surface area contributed by atoms with Crippen LogP contribution < -0.4 is 20.1 Å². The van der Waals surface area contributed by atoms with Gasteiger partial charge in [0, 0.05) is 54.5 Å². The van der Waals surface area contributed by atoms with Crippen molar-refractivity contribution in [1.82, 2.24) is 19.9 Å². The lowest BCUT2D eigenvalue weighted by molar-refractivity contribution is -0.126. The van der Waals surface area contributed by atoms with Crippen LogP contribution in [0.4, 0.5) is 21.6 Å². The Hall–Kier alpha value is -5.51. The van der Waals surface area contributed by atoms with Crippen molar-refractivity contribution >= 4 is 34.0 Å². The first-order valence-electron chi connectivity index (χ1n) is 14.3. The van der Waals surface area contributed by atoms with Gasteiger partial charge in [-0.05, 0) is 43.2 Å². The van der Waals surface area contributed by atoms with E-state index in [0.717, 1.165) is 29.8 Å². The number of rotatable bonds is 9. The molecule has 6 rings (SSSR count). The highest BCUT2D eigenvalue weighted by molar-refractivity contribution is 5.95. The molecule has 3 aromatic carbocycles. The predicted octanol–water partition coefficient (Wildman–Crippen LogP) is 6.96. The van der Waals surface area contributed by atoms with E-state index in [9.17, 15) is 4.79 Å². The van der Waals surface area contributed by atoms with Gasteiger partial charge in [0.15, 0.2) is 0 Å². The number of likely N-dealkylation sites (tertiary alicyclic amines) is 1. The molecule has 0 radical (unpaired) electrons. The summed E-state index contributed by atoms with van der Waals surface area (Å²) in [4.78, 5) is 27.0. The topological polar surface area (TPSA) is 102 Å². The molecule has 0 spiro atoms. The van der Waals surface area contributed by atoms with Gasteiger partial charge in [0.05, 0.1) is 29.7 Å². The molecule has 0 bridgehead atoms. The van der Waals surface area contributed by atoms with Crippen LogP contribution in [0.15, 0.2) is 98.0 Å². The van der Waals surface area contributed by atoms with Crippen LogP contribution in [-0.2, 0) is 4.79 Å². The number of nitrogens with zero attached hydrogens (tertiary/aromatic N) is 4. The minimum atomic E-state index is -0.501. The Kier molecular flexibility index (Phi) is 8.31. The van der Waals surface area contributed by atoms with Gasteiger partial charge in [0.25, 0.3) is 0 Å². The molecule has 1 amide bonds. The molecular weight excluding hydrogens is 559 g/mol. The molecule has 1 fully saturated rings. The highest BCUT2D eigenvalue weighted by atomic mass is 19.1. The normalized spacial score (nSPS) is 13.4. The fraction of sp³-hybridized carbons (Fsp3) is 0.176. The lowest BCUT2D eigenvalue weighted by Gasteiger charge is -2.32. The third-order valence-corrected chi connectivity index (χ3v) is 7.53. The van der Waals surface area contributed by atoms with E-state index in [2.05, 4.69) is 32.2 Å². The Balaban J connectivity index is 1.20. The molecule has 1 aliphatic heterocycles. The number of halogens is 1. The molecule has 9 nitrogen and oxygen atoms in total. The molecule has 3 heterocycles. The Morgan fingerprint density at radius 1 is 0.977 bits per heavy atom. The number of nitrogens with one attached hydrogen (secondary N) is 2. The van der Waals surface area contributed by atoms with Crippen molar-refractivity contribution in [3.05, 3.63) is 104 Å². The predicted molar refractivity (Wildman–Crippen MR) is 169 cm³/mol. The van der Waals surface area contributed by atoms with Crippen LogP contribution in [0, 0.1) is 5.82 Å². The van der Waals surface area contributed by atoms with Gasteiger partial charge in [0.2, 0.25) is 5.91 Å². The zero-order valence-corrected chi connectivity index (χ0v) is 24.2. The van der Waals surface area contributed by atoms with Crippen LogP contribution in [0.2, 0.25) is 0 Å². The zero-order valence-electron chi connectivity index (χ0n) is 24.2. The van der Waals surface area contributed by atoms with Gasteiger partial charge < -0.3 is 25.0 Å². The molecule has 0 saturated carbocycles. The summed E-state index contributed by atoms with van der Waals surface area (Å²) in [6.07, 6.45) is 6.00. The van der Waals surface area contributed by atoms with Crippen LogP contribution >= 0.6 is 0 Å². The summed E-state index contributed by atoms with van der Waals surface area (Å²) in [5, 5.41) is 7.36. The van der Waals surface area contributed by atoms with E-state index in [4.69, 9.17) is 9.47 Å². The second-order valence-corrected chi connectivity index (χ2v) is 10.4. The number of amides is 1. The number of benzene rings is 3. The first-order chi connectivity index (χ1) is 21.5. The zero-order chi connectivity index (χ0) is 30.5. The fourth-order valence-electron chi connectivity index (χ4n) is 5.22. The Morgan fingerprint density at radius 3 is 2.52 bits per heavy atom. The van der Waals surface area contributed by atoms with E-state index in [-0.39, 0.29) is 17.6 Å². The average molecular weight is 591 g/mol. The number of ether oxygens (including phenoxy) is 2. The van der Waals surface area contributed by atoms with E-state index < -0.39 is 5.82 Å². The van der Waals surface area contributed by atoms with Gasteiger partial charge in [-0.15, -0.1) is 0 Å². The lowest BCUT2D eigenvalue weighted by Crippen LogP contribution is -2.41. The number of methoxy groups -OCH3 is 1. The molecule has 1 aliphatic rings. The molecule has 10 heteroatoms. The second kappa shape index (κ2) is 12.8. The van der Waals surface area contributed by atoms with Crippen LogP contribution in [0.3, 0.4) is 0 Å². The molecule has 44 heavy (non-hydrogen) atoms. The summed E-state index contributed by atoms with van der Waals surface area (Å²) < 4.78 is 26.9. The second-order valence-electron chi connectivity index (χ2n) is 10.4. The number of carbonyl (C=O) groups excluding carboxylic acids is 1. The van der Waals surface area contributed by atoms with Crippen molar-refractivity contribution in [3.63, 3.8) is 0 Å². The van der Waals surface area contributed by atoms with Gasteiger partial charge in [-0.25, -0.2) is 14.4 Å². The largest absolute Gasteiger partial charge is 0.495 e. The summed E-state index contributed by atoms with van der Waals surface area (Å²) >= 11 is 0. The number of anilines is 3. The molecule has 222 valence electrons. The summed E-state index contributed by atoms with van der Waals surface area (Å²) in [6, 6.07) is 21.8. The maximum absolute atomic E-state index is 15.3. The standard InChI is InChI=1S/C34H31FN6O3/c1-3-33(42)41-15-12-23(13-16-41)39-31-19-26-30(20-32(31)43-2)37-21-38-34(26)40-28-10-9-24(17-27(28)35)44-25-11-14-36-29(18-25)22-7-5-4-6-8-22/h3-11,14,17-21,23,39H,1,12-13,15-16H2,2H3,(H,37,38,40). The smallest absolute Gasteiger partial charge is 0.245 e. The van der Waals surface area contributed by atoms with Gasteiger partial charge >= 0.3 is 0 Å². The van der Waals surface area contributed by atoms with Gasteiger partial charge in [-0.1, -0.05) is 36.9 Å². The molecule has 0 atom stereocenters. The first-order valence-corrected chi connectivity index (χ1v) is 14.3. The maximum atomic E-state index is 15.3. The Bertz CT molecular complexity index is 1810. The van der Waals surface area contributed by atoms with Crippen molar-refractivity contribution in [2.45, 2.75) is 18.9 Å². The molecule has 2 aromatic heterocycles. The number of hydrogen-bond acceptors (Lipinski definition) is 8. The lowest BCUT2D eigenvalue weighted by atomic mass is 10.0. The van der Waals surface area contributed by atoms with Crippen molar-refractivity contribution < 1.29 is 18.7 Å². The number of hydrogen-bond donors (Lipinski definition) is 2. The van der Waals surface area contributed by atoms with Crippen LogP contribution in [0.5, 0.6) is 17.2 Å². The summed E-state index contributed by atoms with van der Waals surface area (Å²) in [6.45, 7) is 4.86. The summed E-state index contributed by atoms with van der Waals surface area (Å²) in [5.74, 6) is 1.42. The first kappa shape index (κ1) is 28.6. The number of carbonyl (C=O) groups is 1. The Morgan fingerprint density at radius 2 is 1.77 bits per heavy atom. The number of pyridine rings is 1. The van der Waals surface area contributed by atoms with Crippen molar-refractivity contribution in [3.8, 4) is 28.5 Å². The van der Waals surface area contributed by atoms with E-state index in [1.54, 1.807) is 36.4 Å². The summed E-state index contributed by atoms with van der Waals surface area (Å²) in [7, 11) is 1.60. The third-order valence-electron chi connectivity index (χ3n) is 7.53. The molecule has 0 unspecified atom stereocenters. The average Bonchev–Trinajstić information content (AvgIpc) is 3.06. The van der Waals surface area contributed by atoms with E-state index in [0.29, 0.717) is 47.1 Å². The van der Waals surface area contributed by atoms with Crippen molar-refractivity contribution in [2.24, 2.45) is 0 Å². The quantitative estimate of drug-likeness (QED) is 0.178. The van der Waals surface area contributed by atoms with E-state index >= 15 is 4.39 Å². The van der Waals surface area contributed by atoms with Crippen LogP contribution in [0.1, 0.15) is 12.8 Å². The van der Waals surface area contributed by atoms with Crippen LogP contribution in [0.25, 0.3) is 22.2 Å². The Labute approximate surface area is 254 Å². The minimum Gasteiger partial charge on any atom is -0.495 e. The minimum absolute atomic E-state index is 0.0546. The van der Waals surface area contributed by atoms with E-state index in [1.807, 2.05) is 48.5 Å². The van der Waals surface area contributed by atoms with Gasteiger partial charge in [0.1, 0.15) is 35.2 Å². The SMILES string of the molecule is C=CC(=O)N1CCC(Nc2cc3c(Nc4ccc(Oc5ccnc(-c6ccccc6)c5)cc4F)ncnc3cc2OC)CC1. The summed E-state index contributed by atoms with van der Waals surface area (Å²) in [5.41, 5.74) is 3.37. The van der Waals surface area contributed by atoms with Crippen molar-refractivity contribution in [2.75, 3.05) is 30.8 Å². The molecule has 2 N–H and O–H groups in total. The number of piperidine rings is 1. The fourth-order valence-corrected chi connectivity index (χ4v) is 5.22. The maximum Gasteiger partial charge on any atom is 0.245 e. The number of fused-ring (bicyclic) bond motifs is 1. The highest BCUT2D eigenvalue weighted by Crippen LogP contribution is 2.35.